The van der Waals surface area contributed by atoms with E-state index < -0.39 is 0 Å². The molecule has 0 saturated carbocycles. The largest absolute Gasteiger partial charge is 0.288 e. The number of carbonyl (C=O) groups excluding carboxylic acids is 1. The van der Waals surface area contributed by atoms with Crippen molar-refractivity contribution in [2.75, 3.05) is 0 Å². The van der Waals surface area contributed by atoms with Gasteiger partial charge in [-0.3, -0.25) is 4.79 Å². The third kappa shape index (κ3) is 1.61. The fourth-order valence-electron chi connectivity index (χ4n) is 1.02. The lowest BCUT2D eigenvalue weighted by Gasteiger charge is -1.97. The highest BCUT2D eigenvalue weighted by Gasteiger charge is 2.08. The lowest BCUT2D eigenvalue weighted by atomic mass is 10.1. The van der Waals surface area contributed by atoms with Crippen molar-refractivity contribution in [3.8, 4) is 0 Å². The summed E-state index contributed by atoms with van der Waals surface area (Å²) in [6.07, 6.45) is 5.79. The monoisotopic (exact) mass is 186 g/mol. The smallest absolute Gasteiger partial charge is 0.196 e. The Morgan fingerprint density at radius 3 is 1.71 bits per heavy atom. The van der Waals surface area contributed by atoms with Crippen LogP contribution in [0.15, 0.2) is 36.9 Å². The summed E-state index contributed by atoms with van der Waals surface area (Å²) < 4.78 is 0. The van der Waals surface area contributed by atoms with Crippen LogP contribution in [0.1, 0.15) is 15.9 Å². The third-order valence-corrected chi connectivity index (χ3v) is 1.69. The zero-order chi connectivity index (χ0) is 9.80. The second-order valence-electron chi connectivity index (χ2n) is 2.59. The summed E-state index contributed by atoms with van der Waals surface area (Å²) in [6.45, 7) is 0. The van der Waals surface area contributed by atoms with E-state index in [-0.39, 0.29) is 5.78 Å². The molecule has 5 nitrogen and oxygen atoms in total. The highest BCUT2D eigenvalue weighted by atomic mass is 16.1. The number of nitrogens with zero attached hydrogens (tertiary/aromatic N) is 4. The third-order valence-electron chi connectivity index (χ3n) is 1.69. The minimum atomic E-state index is -0.130. The lowest BCUT2D eigenvalue weighted by molar-refractivity contribution is 0.103. The Hall–Kier alpha value is -2.17. The number of hydrogen-bond donors (Lipinski definition) is 0. The number of hydrogen-bond acceptors (Lipinski definition) is 5. The summed E-state index contributed by atoms with van der Waals surface area (Å²) in [4.78, 5) is 11.7. The van der Waals surface area contributed by atoms with Crippen LogP contribution in [0, 0.1) is 0 Å². The van der Waals surface area contributed by atoms with Gasteiger partial charge in [0.1, 0.15) is 0 Å². The number of rotatable bonds is 2. The van der Waals surface area contributed by atoms with Gasteiger partial charge in [-0.2, -0.15) is 20.4 Å². The topological polar surface area (TPSA) is 68.6 Å². The van der Waals surface area contributed by atoms with Gasteiger partial charge in [-0.25, -0.2) is 0 Å². The molecule has 2 aromatic rings. The summed E-state index contributed by atoms with van der Waals surface area (Å²) in [5.41, 5.74) is 0.987. The Kier molecular flexibility index (Phi) is 2.22. The van der Waals surface area contributed by atoms with E-state index in [1.807, 2.05) is 0 Å². The maximum atomic E-state index is 11.7. The van der Waals surface area contributed by atoms with Crippen LogP contribution in [0.5, 0.6) is 0 Å². The van der Waals surface area contributed by atoms with Crippen molar-refractivity contribution in [3.63, 3.8) is 0 Å². The number of carbonyl (C=O) groups is 1. The lowest BCUT2D eigenvalue weighted by Crippen LogP contribution is -2.02. The molecule has 0 atom stereocenters. The molecule has 2 aromatic heterocycles. The predicted octanol–water partition coefficient (Wildman–Crippen LogP) is 0.498. The molecule has 0 unspecified atom stereocenters. The van der Waals surface area contributed by atoms with E-state index >= 15 is 0 Å². The molecular weight excluding hydrogens is 180 g/mol. The number of aromatic nitrogens is 4. The van der Waals surface area contributed by atoms with Gasteiger partial charge in [0.05, 0.1) is 24.8 Å². The molecule has 0 aromatic carbocycles. The Labute approximate surface area is 79.8 Å². The molecule has 0 bridgehead atoms. The average molecular weight is 186 g/mol. The SMILES string of the molecule is O=C(c1ccnnc1)c1ccnnc1. The van der Waals surface area contributed by atoms with Gasteiger partial charge in [0.2, 0.25) is 0 Å². The van der Waals surface area contributed by atoms with Crippen LogP contribution < -0.4 is 0 Å². The van der Waals surface area contributed by atoms with Crippen molar-refractivity contribution in [1.29, 1.82) is 0 Å². The zero-order valence-electron chi connectivity index (χ0n) is 7.16. The summed E-state index contributed by atoms with van der Waals surface area (Å²) in [6, 6.07) is 3.21. The van der Waals surface area contributed by atoms with Crippen LogP contribution in [0.25, 0.3) is 0 Å². The average Bonchev–Trinajstić information content (AvgIpc) is 2.30. The quantitative estimate of drug-likeness (QED) is 0.638. The normalized spacial score (nSPS) is 9.71. The predicted molar refractivity (Wildman–Crippen MR) is 47.5 cm³/mol. The van der Waals surface area contributed by atoms with Crippen molar-refractivity contribution in [1.82, 2.24) is 20.4 Å². The summed E-state index contributed by atoms with van der Waals surface area (Å²) in [7, 11) is 0. The first kappa shape index (κ1) is 8.43. The van der Waals surface area contributed by atoms with E-state index in [9.17, 15) is 4.79 Å². The molecule has 0 amide bonds. The van der Waals surface area contributed by atoms with Crippen molar-refractivity contribution in [3.05, 3.63) is 48.0 Å². The van der Waals surface area contributed by atoms with Crippen molar-refractivity contribution in [2.45, 2.75) is 0 Å². The first-order chi connectivity index (χ1) is 6.88. The second-order valence-corrected chi connectivity index (χ2v) is 2.59. The molecule has 2 heterocycles. The van der Waals surface area contributed by atoms with Gasteiger partial charge in [0, 0.05) is 11.1 Å². The van der Waals surface area contributed by atoms with Crippen molar-refractivity contribution < 1.29 is 4.79 Å². The highest BCUT2D eigenvalue weighted by Crippen LogP contribution is 2.04. The van der Waals surface area contributed by atoms with Crippen LogP contribution in [0.3, 0.4) is 0 Å². The van der Waals surface area contributed by atoms with E-state index in [1.165, 1.54) is 24.8 Å². The van der Waals surface area contributed by atoms with E-state index in [4.69, 9.17) is 0 Å². The summed E-state index contributed by atoms with van der Waals surface area (Å²) in [5, 5.41) is 14.4. The molecule has 0 aliphatic heterocycles. The minimum absolute atomic E-state index is 0.130. The molecule has 2 rings (SSSR count). The fraction of sp³-hybridized carbons (Fsp3) is 0. The Bertz CT molecular complexity index is 388. The zero-order valence-corrected chi connectivity index (χ0v) is 7.16. The molecule has 0 N–H and O–H groups in total. The molecule has 0 aliphatic rings. The summed E-state index contributed by atoms with van der Waals surface area (Å²) in [5.74, 6) is -0.130. The van der Waals surface area contributed by atoms with Gasteiger partial charge in [-0.15, -0.1) is 0 Å². The molecule has 0 saturated heterocycles. The molecule has 0 aliphatic carbocycles. The highest BCUT2D eigenvalue weighted by molar-refractivity contribution is 6.08. The molecule has 14 heavy (non-hydrogen) atoms. The van der Waals surface area contributed by atoms with E-state index in [1.54, 1.807) is 12.1 Å². The number of ketones is 1. The van der Waals surface area contributed by atoms with Gasteiger partial charge in [-0.1, -0.05) is 0 Å². The minimum Gasteiger partial charge on any atom is -0.288 e. The van der Waals surface area contributed by atoms with Crippen LogP contribution in [-0.2, 0) is 0 Å². The maximum absolute atomic E-state index is 11.7. The van der Waals surface area contributed by atoms with Crippen LogP contribution >= 0.6 is 0 Å². The van der Waals surface area contributed by atoms with Crippen molar-refractivity contribution in [2.24, 2.45) is 0 Å². The maximum Gasteiger partial charge on any atom is 0.196 e. The summed E-state index contributed by atoms with van der Waals surface area (Å²) >= 11 is 0. The Balaban J connectivity index is 2.35. The van der Waals surface area contributed by atoms with Gasteiger partial charge < -0.3 is 0 Å². The standard InChI is InChI=1S/C9H6N4O/c14-9(7-1-3-10-12-5-7)8-2-4-11-13-6-8/h1-6H. The first-order valence-corrected chi connectivity index (χ1v) is 3.96. The van der Waals surface area contributed by atoms with E-state index in [0.29, 0.717) is 11.1 Å². The van der Waals surface area contributed by atoms with Crippen LogP contribution in [-0.4, -0.2) is 26.2 Å². The van der Waals surface area contributed by atoms with E-state index in [0.717, 1.165) is 0 Å². The van der Waals surface area contributed by atoms with Gasteiger partial charge in [0.15, 0.2) is 5.78 Å². The molecule has 5 heteroatoms. The van der Waals surface area contributed by atoms with Gasteiger partial charge in [0.25, 0.3) is 0 Å². The van der Waals surface area contributed by atoms with Crippen molar-refractivity contribution >= 4 is 5.78 Å². The van der Waals surface area contributed by atoms with Gasteiger partial charge >= 0.3 is 0 Å². The second kappa shape index (κ2) is 3.69. The van der Waals surface area contributed by atoms with E-state index in [2.05, 4.69) is 20.4 Å². The van der Waals surface area contributed by atoms with Gasteiger partial charge in [-0.05, 0) is 12.1 Å². The van der Waals surface area contributed by atoms with Crippen LogP contribution in [0.2, 0.25) is 0 Å². The molecule has 68 valence electrons. The molecule has 0 spiro atoms. The molecule has 0 radical (unpaired) electrons. The fourth-order valence-corrected chi connectivity index (χ4v) is 1.02. The molecule has 0 fully saturated rings. The Morgan fingerprint density at radius 2 is 1.36 bits per heavy atom. The first-order valence-electron chi connectivity index (χ1n) is 3.96. The Morgan fingerprint density at radius 1 is 0.857 bits per heavy atom. The van der Waals surface area contributed by atoms with Crippen LogP contribution in [0.4, 0.5) is 0 Å². The molecular formula is C9H6N4O.